The van der Waals surface area contributed by atoms with Crippen LogP contribution in [0.2, 0.25) is 0 Å². The quantitative estimate of drug-likeness (QED) is 0.452. The number of nitrogens with zero attached hydrogens (tertiary/aromatic N) is 2. The van der Waals surface area contributed by atoms with Crippen LogP contribution in [0, 0.1) is 0 Å². The van der Waals surface area contributed by atoms with Crippen LogP contribution in [0.3, 0.4) is 0 Å². The van der Waals surface area contributed by atoms with Crippen LogP contribution in [-0.2, 0) is 11.3 Å². The van der Waals surface area contributed by atoms with E-state index in [4.69, 9.17) is 0 Å². The number of carbonyl (C=O) groups is 1. The summed E-state index contributed by atoms with van der Waals surface area (Å²) in [5.41, 5.74) is 0. The Morgan fingerprint density at radius 3 is 2.85 bits per heavy atom. The zero-order chi connectivity index (χ0) is 14.8. The molecule has 112 valence electrons. The number of amides is 1. The molecule has 0 aliphatic carbocycles. The molecule has 20 heavy (non-hydrogen) atoms. The molecule has 0 fully saturated rings. The first-order valence-corrected chi connectivity index (χ1v) is 7.32. The fourth-order valence-corrected chi connectivity index (χ4v) is 1.96. The molecule has 0 aliphatic heterocycles. The van der Waals surface area contributed by atoms with Gasteiger partial charge in [-0.2, -0.15) is 0 Å². The van der Waals surface area contributed by atoms with Crippen LogP contribution in [-0.4, -0.2) is 50.6 Å². The van der Waals surface area contributed by atoms with Crippen LogP contribution in [0.15, 0.2) is 22.5 Å². The Labute approximate surface area is 122 Å². The first-order chi connectivity index (χ1) is 9.63. The van der Waals surface area contributed by atoms with Crippen LogP contribution >= 0.6 is 11.3 Å². The van der Waals surface area contributed by atoms with Gasteiger partial charge in [-0.15, -0.1) is 11.3 Å². The zero-order valence-electron chi connectivity index (χ0n) is 11.9. The summed E-state index contributed by atoms with van der Waals surface area (Å²) in [7, 11) is 3.38. The molecule has 2 N–H and O–H groups in total. The van der Waals surface area contributed by atoms with Crippen LogP contribution in [0.4, 0.5) is 4.39 Å². The van der Waals surface area contributed by atoms with E-state index in [1.165, 1.54) is 9.78 Å². The van der Waals surface area contributed by atoms with Crippen molar-refractivity contribution in [3.05, 3.63) is 22.4 Å². The summed E-state index contributed by atoms with van der Waals surface area (Å²) in [6, 6.07) is 3.99. The van der Waals surface area contributed by atoms with E-state index in [-0.39, 0.29) is 19.1 Å². The van der Waals surface area contributed by atoms with E-state index in [1.54, 1.807) is 25.4 Å². The zero-order valence-corrected chi connectivity index (χ0v) is 12.7. The van der Waals surface area contributed by atoms with Gasteiger partial charge in [0.1, 0.15) is 6.54 Å². The maximum Gasteiger partial charge on any atom is 0.243 e. The van der Waals surface area contributed by atoms with E-state index in [0.717, 1.165) is 0 Å². The maximum absolute atomic E-state index is 12.1. The van der Waals surface area contributed by atoms with Crippen molar-refractivity contribution < 1.29 is 9.18 Å². The lowest BCUT2D eigenvalue weighted by atomic mass is 10.4. The highest BCUT2D eigenvalue weighted by atomic mass is 32.1. The topological polar surface area (TPSA) is 56.7 Å². The molecule has 0 radical (unpaired) electrons. The monoisotopic (exact) mass is 300 g/mol. The Morgan fingerprint density at radius 2 is 2.25 bits per heavy atom. The molecule has 0 saturated carbocycles. The predicted octanol–water partition coefficient (Wildman–Crippen LogP) is 1.23. The van der Waals surface area contributed by atoms with Crippen molar-refractivity contribution in [1.29, 1.82) is 0 Å². The number of guanidine groups is 1. The first kappa shape index (κ1) is 16.4. The predicted molar refractivity (Wildman–Crippen MR) is 80.7 cm³/mol. The van der Waals surface area contributed by atoms with Crippen LogP contribution in [0.1, 0.15) is 11.3 Å². The number of hydrogen-bond acceptors (Lipinski definition) is 3. The minimum absolute atomic E-state index is 0.0718. The summed E-state index contributed by atoms with van der Waals surface area (Å²) in [5, 5.41) is 8.14. The highest BCUT2D eigenvalue weighted by Crippen LogP contribution is 2.07. The van der Waals surface area contributed by atoms with Gasteiger partial charge in [-0.25, -0.2) is 4.99 Å². The van der Waals surface area contributed by atoms with Gasteiger partial charge in [0.25, 0.3) is 0 Å². The molecular weight excluding hydrogens is 279 g/mol. The lowest BCUT2D eigenvalue weighted by Gasteiger charge is -2.12. The summed E-state index contributed by atoms with van der Waals surface area (Å²) in [6.45, 7) is 0.822. The number of likely N-dealkylation sites (N-methyl/N-ethyl adjacent to an activating group) is 1. The number of thiophene rings is 1. The van der Waals surface area contributed by atoms with Crippen molar-refractivity contribution in [2.45, 2.75) is 13.0 Å². The minimum Gasteiger partial charge on any atom is -0.356 e. The Morgan fingerprint density at radius 1 is 1.45 bits per heavy atom. The van der Waals surface area contributed by atoms with E-state index >= 15 is 0 Å². The molecule has 0 spiro atoms. The summed E-state index contributed by atoms with van der Waals surface area (Å²) < 4.78 is 12.1. The number of halogens is 1. The van der Waals surface area contributed by atoms with E-state index < -0.39 is 0 Å². The molecular formula is C13H21FN4OS. The molecule has 1 aromatic rings. The molecule has 0 unspecified atom stereocenters. The fraction of sp³-hybridized carbons (Fsp3) is 0.538. The third kappa shape index (κ3) is 6.51. The van der Waals surface area contributed by atoms with Gasteiger partial charge < -0.3 is 15.5 Å². The number of alkyl halides is 1. The van der Waals surface area contributed by atoms with Gasteiger partial charge in [-0.3, -0.25) is 9.18 Å². The second-order valence-corrected chi connectivity index (χ2v) is 5.39. The average Bonchev–Trinajstić information content (AvgIpc) is 2.94. The van der Waals surface area contributed by atoms with Gasteiger partial charge in [0, 0.05) is 25.5 Å². The molecule has 0 aliphatic rings. The van der Waals surface area contributed by atoms with Gasteiger partial charge in [-0.1, -0.05) is 6.07 Å². The van der Waals surface area contributed by atoms with Crippen molar-refractivity contribution >= 4 is 23.2 Å². The third-order valence-electron chi connectivity index (χ3n) is 2.48. The Kier molecular flexibility index (Phi) is 7.64. The average molecular weight is 300 g/mol. The van der Waals surface area contributed by atoms with Crippen molar-refractivity contribution in [3.8, 4) is 0 Å². The van der Waals surface area contributed by atoms with Crippen molar-refractivity contribution in [2.24, 2.45) is 4.99 Å². The lowest BCUT2D eigenvalue weighted by molar-refractivity contribution is -0.127. The summed E-state index contributed by atoms with van der Waals surface area (Å²) >= 11 is 1.64. The molecule has 0 bridgehead atoms. The molecule has 1 aromatic heterocycles. The van der Waals surface area contributed by atoms with Gasteiger partial charge >= 0.3 is 0 Å². The summed E-state index contributed by atoms with van der Waals surface area (Å²) in [4.78, 5) is 18.4. The van der Waals surface area contributed by atoms with E-state index in [2.05, 4.69) is 15.6 Å². The maximum atomic E-state index is 12.1. The summed E-state index contributed by atoms with van der Waals surface area (Å²) in [6.07, 6.45) is 0.418. The van der Waals surface area contributed by atoms with Crippen molar-refractivity contribution in [2.75, 3.05) is 33.9 Å². The molecule has 1 amide bonds. The third-order valence-corrected chi connectivity index (χ3v) is 3.36. The van der Waals surface area contributed by atoms with Crippen molar-refractivity contribution in [3.63, 3.8) is 0 Å². The number of nitrogens with one attached hydrogen (secondary N) is 2. The van der Waals surface area contributed by atoms with Crippen LogP contribution in [0.25, 0.3) is 0 Å². The Bertz CT molecular complexity index is 420. The Hall–Kier alpha value is -1.63. The largest absolute Gasteiger partial charge is 0.356 e. The molecule has 7 heteroatoms. The molecule has 0 atom stereocenters. The normalized spacial score (nSPS) is 11.2. The molecule has 1 rings (SSSR count). The van der Waals surface area contributed by atoms with Crippen LogP contribution in [0.5, 0.6) is 0 Å². The molecule has 0 aromatic carbocycles. The smallest absolute Gasteiger partial charge is 0.243 e. The van der Waals surface area contributed by atoms with Crippen LogP contribution < -0.4 is 10.6 Å². The van der Waals surface area contributed by atoms with Gasteiger partial charge in [0.05, 0.1) is 13.2 Å². The number of hydrogen-bond donors (Lipinski definition) is 2. The van der Waals surface area contributed by atoms with E-state index in [1.807, 2.05) is 17.5 Å². The van der Waals surface area contributed by atoms with Crippen molar-refractivity contribution in [1.82, 2.24) is 15.5 Å². The van der Waals surface area contributed by atoms with E-state index in [0.29, 0.717) is 25.5 Å². The SMILES string of the molecule is CN(C)C(=O)CN=C(NCCCF)NCc1cccs1. The molecule has 1 heterocycles. The first-order valence-electron chi connectivity index (χ1n) is 6.44. The standard InChI is InChI=1S/C13H21FN4OS/c1-18(2)12(19)10-17-13(15-7-4-6-14)16-9-11-5-3-8-20-11/h3,5,8H,4,6-7,9-10H2,1-2H3,(H2,15,16,17). The van der Waals surface area contributed by atoms with Gasteiger partial charge in [0.15, 0.2) is 5.96 Å². The number of rotatable bonds is 7. The van der Waals surface area contributed by atoms with Gasteiger partial charge in [-0.05, 0) is 17.9 Å². The highest BCUT2D eigenvalue weighted by molar-refractivity contribution is 7.09. The van der Waals surface area contributed by atoms with E-state index in [9.17, 15) is 9.18 Å². The number of carbonyl (C=O) groups excluding carboxylic acids is 1. The lowest BCUT2D eigenvalue weighted by Crippen LogP contribution is -2.38. The molecule has 0 saturated heterocycles. The summed E-state index contributed by atoms with van der Waals surface area (Å²) in [5.74, 6) is 0.453. The fourth-order valence-electron chi connectivity index (χ4n) is 1.32. The second kappa shape index (κ2) is 9.30. The molecule has 5 nitrogen and oxygen atoms in total. The highest BCUT2D eigenvalue weighted by Gasteiger charge is 2.04. The Balaban J connectivity index is 2.49. The second-order valence-electron chi connectivity index (χ2n) is 4.36. The number of aliphatic imine (C=N–C) groups is 1. The minimum atomic E-state index is -0.373. The van der Waals surface area contributed by atoms with Gasteiger partial charge in [0.2, 0.25) is 5.91 Å².